The minimum atomic E-state index is -4.71. The number of methoxy groups -OCH3 is 2. The minimum Gasteiger partial charge on any atom is -0.490 e. The lowest BCUT2D eigenvalue weighted by molar-refractivity contribution is -0.140. The summed E-state index contributed by atoms with van der Waals surface area (Å²) in [6.07, 6.45) is -0.630. The number of benzene rings is 1. The molecule has 1 fully saturated rings. The highest BCUT2D eigenvalue weighted by atomic mass is 19.4. The second-order valence-corrected chi connectivity index (χ2v) is 9.08. The third kappa shape index (κ3) is 6.29. The van der Waals surface area contributed by atoms with Gasteiger partial charge in [0.05, 0.1) is 49.7 Å². The van der Waals surface area contributed by atoms with E-state index in [1.54, 1.807) is 31.3 Å². The highest BCUT2D eigenvalue weighted by Gasteiger charge is 2.36. The summed E-state index contributed by atoms with van der Waals surface area (Å²) < 4.78 is 57.2. The van der Waals surface area contributed by atoms with E-state index in [0.29, 0.717) is 22.9 Å². The Morgan fingerprint density at radius 2 is 1.80 bits per heavy atom. The van der Waals surface area contributed by atoms with E-state index in [4.69, 9.17) is 43.5 Å². The van der Waals surface area contributed by atoms with E-state index >= 15 is 0 Å². The predicted molar refractivity (Wildman–Crippen MR) is 145 cm³/mol. The molecule has 0 saturated heterocycles. The van der Waals surface area contributed by atoms with Crippen LogP contribution in [-0.2, 0) is 22.8 Å². The summed E-state index contributed by atoms with van der Waals surface area (Å²) in [6, 6.07) is 6.38. The van der Waals surface area contributed by atoms with Crippen LogP contribution in [0.4, 0.5) is 13.2 Å². The first kappa shape index (κ1) is 29.1. The average Bonchev–Trinajstić information content (AvgIpc) is 3.64. The second-order valence-electron chi connectivity index (χ2n) is 9.08. The number of hydrogen-bond acceptors (Lipinski definition) is 8. The largest absolute Gasteiger partial charge is 0.490 e. The summed E-state index contributed by atoms with van der Waals surface area (Å²) >= 11 is 0. The maximum Gasteiger partial charge on any atom is 0.434 e. The van der Waals surface area contributed by atoms with Crippen LogP contribution in [0, 0.1) is 5.92 Å². The fraction of sp³-hybridized carbons (Fsp3) is 0.360. The molecule has 40 heavy (non-hydrogen) atoms. The van der Waals surface area contributed by atoms with Gasteiger partial charge >= 0.3 is 6.18 Å². The molecule has 0 aliphatic heterocycles. The van der Waals surface area contributed by atoms with Crippen molar-refractivity contribution < 1.29 is 27.4 Å². The molecule has 4 rings (SSSR count). The standard InChI is InChI=1S/C25H24B3F3N6O3/c1-33-19(14-8-9-14)18(20(32)39-3)21-34-10-16(38-2)23(36-21)40-12-13-4-6-15(7-5-13)22-35-17(24(29,30)31)11-37(22)25(26,27)28/h4-7,10-11,14H,8-9,12,32H2,1-3H3. The van der Waals surface area contributed by atoms with Crippen molar-refractivity contribution in [1.82, 2.24) is 19.5 Å². The van der Waals surface area contributed by atoms with Gasteiger partial charge < -0.3 is 24.5 Å². The number of rotatable bonds is 10. The first-order valence-corrected chi connectivity index (χ1v) is 12.0. The number of ether oxygens (including phenoxy) is 3. The van der Waals surface area contributed by atoms with Crippen LogP contribution in [0.3, 0.4) is 0 Å². The molecule has 0 spiro atoms. The van der Waals surface area contributed by atoms with Gasteiger partial charge in [-0.15, -0.1) is 0 Å². The van der Waals surface area contributed by atoms with E-state index in [2.05, 4.69) is 19.9 Å². The van der Waals surface area contributed by atoms with Crippen LogP contribution in [0.25, 0.3) is 17.0 Å². The van der Waals surface area contributed by atoms with Gasteiger partial charge in [0, 0.05) is 24.7 Å². The number of nitrogens with zero attached hydrogens (tertiary/aromatic N) is 5. The SMILES string of the molecule is [B]C([B])([B])n1cc(C(F)(F)F)nc1-c1ccc(COc2nc(C(C(=NC)C3CC3)=C(N)OC)ncc2OC)cc1. The highest BCUT2D eigenvalue weighted by molar-refractivity contribution is 6.56. The molecule has 2 N–H and O–H groups in total. The zero-order valence-electron chi connectivity index (χ0n) is 22.1. The fourth-order valence-corrected chi connectivity index (χ4v) is 3.94. The topological polar surface area (TPSA) is 110 Å². The van der Waals surface area contributed by atoms with Crippen LogP contribution in [0.2, 0.25) is 0 Å². The summed E-state index contributed by atoms with van der Waals surface area (Å²) in [7, 11) is 21.6. The Hall–Kier alpha value is -3.90. The molecule has 0 bridgehead atoms. The Bertz CT molecular complexity index is 1430. The van der Waals surface area contributed by atoms with Crippen molar-refractivity contribution in [3.8, 4) is 23.0 Å². The molecule has 1 aliphatic rings. The fourth-order valence-electron chi connectivity index (χ4n) is 3.94. The van der Waals surface area contributed by atoms with Crippen molar-refractivity contribution in [3.05, 3.63) is 59.6 Å². The van der Waals surface area contributed by atoms with E-state index in [0.717, 1.165) is 23.1 Å². The number of nitrogens with two attached hydrogens (primary N) is 1. The Morgan fingerprint density at radius 1 is 1.12 bits per heavy atom. The van der Waals surface area contributed by atoms with E-state index in [1.165, 1.54) is 20.4 Å². The van der Waals surface area contributed by atoms with Crippen molar-refractivity contribution in [2.45, 2.75) is 30.9 Å². The zero-order valence-corrected chi connectivity index (χ0v) is 22.1. The van der Waals surface area contributed by atoms with Gasteiger partial charge in [-0.05, 0) is 18.4 Å². The molecule has 15 heteroatoms. The van der Waals surface area contributed by atoms with Crippen LogP contribution >= 0.6 is 0 Å². The lowest BCUT2D eigenvalue weighted by atomic mass is 9.49. The van der Waals surface area contributed by atoms with E-state index in [-0.39, 0.29) is 41.7 Å². The molecule has 1 aromatic carbocycles. The monoisotopic (exact) mass is 546 g/mol. The van der Waals surface area contributed by atoms with Gasteiger partial charge in [0.15, 0.2) is 23.2 Å². The molecule has 2 aromatic heterocycles. The number of hydrogen-bond donors (Lipinski definition) is 1. The third-order valence-electron chi connectivity index (χ3n) is 6.09. The molecular weight excluding hydrogens is 522 g/mol. The lowest BCUT2D eigenvalue weighted by Gasteiger charge is -2.25. The first-order chi connectivity index (χ1) is 18.9. The number of allylic oxidation sites excluding steroid dienone is 1. The number of alkyl halides is 3. The summed E-state index contributed by atoms with van der Waals surface area (Å²) in [5, 5.41) is -2.10. The van der Waals surface area contributed by atoms with Crippen LogP contribution in [0.1, 0.15) is 29.9 Å². The normalized spacial score (nSPS) is 15.0. The maximum atomic E-state index is 13.3. The van der Waals surface area contributed by atoms with Gasteiger partial charge in [0.1, 0.15) is 18.0 Å². The van der Waals surface area contributed by atoms with Crippen LogP contribution in [-0.4, -0.2) is 70.0 Å². The quantitative estimate of drug-likeness (QED) is 0.237. The van der Waals surface area contributed by atoms with Crippen molar-refractivity contribution >= 4 is 34.8 Å². The van der Waals surface area contributed by atoms with Crippen molar-refractivity contribution in [2.24, 2.45) is 16.6 Å². The molecule has 9 nitrogen and oxygen atoms in total. The first-order valence-electron chi connectivity index (χ1n) is 12.0. The number of aromatic nitrogens is 4. The smallest absolute Gasteiger partial charge is 0.434 e. The van der Waals surface area contributed by atoms with E-state index in [9.17, 15) is 13.2 Å². The molecule has 2 heterocycles. The summed E-state index contributed by atoms with van der Waals surface area (Å²) in [5.74, 6) is 0.918. The summed E-state index contributed by atoms with van der Waals surface area (Å²) in [6.45, 7) is 0.0418. The maximum absolute atomic E-state index is 13.3. The zero-order chi connectivity index (χ0) is 29.2. The van der Waals surface area contributed by atoms with Crippen LogP contribution in [0.5, 0.6) is 11.6 Å². The van der Waals surface area contributed by atoms with Crippen molar-refractivity contribution in [1.29, 1.82) is 0 Å². The average molecular weight is 546 g/mol. The number of imidazole rings is 1. The van der Waals surface area contributed by atoms with E-state index in [1.807, 2.05) is 0 Å². The molecule has 1 aliphatic carbocycles. The molecule has 202 valence electrons. The Balaban J connectivity index is 1.59. The third-order valence-corrected chi connectivity index (χ3v) is 6.09. The number of halogens is 3. The van der Waals surface area contributed by atoms with Gasteiger partial charge in [0.2, 0.25) is 0 Å². The lowest BCUT2D eigenvalue weighted by Crippen LogP contribution is -2.35. The highest BCUT2D eigenvalue weighted by Crippen LogP contribution is 2.37. The van der Waals surface area contributed by atoms with Gasteiger partial charge in [-0.2, -0.15) is 18.2 Å². The Kier molecular flexibility index (Phi) is 8.22. The van der Waals surface area contributed by atoms with Crippen molar-refractivity contribution in [2.75, 3.05) is 21.3 Å². The minimum absolute atomic E-state index is 0.0418. The second kappa shape index (κ2) is 11.3. The van der Waals surface area contributed by atoms with Gasteiger partial charge in [-0.3, -0.25) is 4.99 Å². The Morgan fingerprint density at radius 3 is 2.33 bits per heavy atom. The summed E-state index contributed by atoms with van der Waals surface area (Å²) in [4.78, 5) is 16.9. The predicted octanol–water partition coefficient (Wildman–Crippen LogP) is 2.77. The molecule has 3 aromatic rings. The molecular formula is C25H24B3F3N6O3. The molecule has 1 saturated carbocycles. The molecule has 6 radical (unpaired) electrons. The molecule has 0 atom stereocenters. The van der Waals surface area contributed by atoms with Crippen LogP contribution < -0.4 is 15.2 Å². The Labute approximate surface area is 233 Å². The molecule has 0 unspecified atom stereocenters. The van der Waals surface area contributed by atoms with Crippen LogP contribution in [0.15, 0.2) is 47.5 Å². The number of aliphatic imine (C=N–C) groups is 1. The van der Waals surface area contributed by atoms with E-state index < -0.39 is 17.1 Å². The van der Waals surface area contributed by atoms with Crippen molar-refractivity contribution in [3.63, 3.8) is 0 Å². The van der Waals surface area contributed by atoms with Gasteiger partial charge in [-0.25, -0.2) is 9.97 Å². The molecule has 0 amide bonds. The van der Waals surface area contributed by atoms with Gasteiger partial charge in [0.25, 0.3) is 5.88 Å². The summed E-state index contributed by atoms with van der Waals surface area (Å²) in [5.41, 5.74) is 7.16. The van der Waals surface area contributed by atoms with Gasteiger partial charge in [-0.1, -0.05) is 29.5 Å².